The van der Waals surface area contributed by atoms with Crippen LogP contribution in [0.15, 0.2) is 6.20 Å². The van der Waals surface area contributed by atoms with Crippen molar-refractivity contribution < 1.29 is 9.53 Å². The fourth-order valence-electron chi connectivity index (χ4n) is 2.08. The summed E-state index contributed by atoms with van der Waals surface area (Å²) in [6.07, 6.45) is 3.56. The topological polar surface area (TPSA) is 56.2 Å². The van der Waals surface area contributed by atoms with Gasteiger partial charge in [0.2, 0.25) is 5.78 Å². The highest BCUT2D eigenvalue weighted by molar-refractivity contribution is 6.01. The molecule has 1 aromatic rings. The monoisotopic (exact) mass is 223 g/mol. The van der Waals surface area contributed by atoms with Gasteiger partial charge in [0.1, 0.15) is 5.69 Å². The quantitative estimate of drug-likeness (QED) is 0.769. The van der Waals surface area contributed by atoms with Crippen molar-refractivity contribution in [1.29, 1.82) is 0 Å². The molecule has 88 valence electrons. The maximum Gasteiger partial charge on any atom is 0.201 e. The lowest BCUT2D eigenvalue weighted by molar-refractivity contribution is 0.0938. The Balaban J connectivity index is 2.29. The molecule has 5 nitrogen and oxygen atoms in total. The van der Waals surface area contributed by atoms with E-state index in [-0.39, 0.29) is 11.8 Å². The minimum Gasteiger partial charge on any atom is -0.493 e. The zero-order valence-corrected chi connectivity index (χ0v) is 9.69. The van der Waals surface area contributed by atoms with Gasteiger partial charge in [0, 0.05) is 6.54 Å². The number of aryl methyl sites for hydroxylation is 1. The van der Waals surface area contributed by atoms with Crippen LogP contribution in [0.2, 0.25) is 0 Å². The summed E-state index contributed by atoms with van der Waals surface area (Å²) < 4.78 is 6.87. The summed E-state index contributed by atoms with van der Waals surface area (Å²) >= 11 is 0. The second-order valence-electron chi connectivity index (χ2n) is 3.89. The van der Waals surface area contributed by atoms with E-state index < -0.39 is 0 Å². The first-order valence-corrected chi connectivity index (χ1v) is 5.65. The van der Waals surface area contributed by atoms with Gasteiger partial charge in [-0.25, -0.2) is 0 Å². The van der Waals surface area contributed by atoms with Crippen LogP contribution in [-0.4, -0.2) is 35.3 Å². The van der Waals surface area contributed by atoms with E-state index in [4.69, 9.17) is 4.74 Å². The molecule has 0 amide bonds. The van der Waals surface area contributed by atoms with Gasteiger partial charge in [-0.05, 0) is 26.3 Å². The summed E-state index contributed by atoms with van der Waals surface area (Å²) in [7, 11) is 1.57. The van der Waals surface area contributed by atoms with E-state index in [1.807, 2.05) is 6.92 Å². The number of Topliss-reactive ketones (excluding diaryl/α,β-unsaturated/α-hetero) is 1. The maximum atomic E-state index is 12.3. The number of nitrogens with one attached hydrogen (secondary N) is 1. The molecular formula is C11H17N3O2. The van der Waals surface area contributed by atoms with Crippen molar-refractivity contribution in [2.75, 3.05) is 13.7 Å². The molecule has 1 N–H and O–H groups in total. The third-order valence-corrected chi connectivity index (χ3v) is 2.94. The van der Waals surface area contributed by atoms with Crippen LogP contribution in [0.4, 0.5) is 0 Å². The minimum absolute atomic E-state index is 0.0732. The standard InChI is InChI=1S/C11H17N3O2/c1-3-14-10(9(16-2)7-13-14)11(15)8-5-4-6-12-8/h7-8,12H,3-6H2,1-2H3. The zero-order chi connectivity index (χ0) is 11.5. The van der Waals surface area contributed by atoms with Crippen LogP contribution in [-0.2, 0) is 6.54 Å². The highest BCUT2D eigenvalue weighted by atomic mass is 16.5. The maximum absolute atomic E-state index is 12.3. The number of carbonyl (C=O) groups is 1. The third-order valence-electron chi connectivity index (χ3n) is 2.94. The summed E-state index contributed by atoms with van der Waals surface area (Å²) in [5.41, 5.74) is 0.587. The number of nitrogens with zero attached hydrogens (tertiary/aromatic N) is 2. The van der Waals surface area contributed by atoms with Crippen molar-refractivity contribution in [3.8, 4) is 5.75 Å². The number of ketones is 1. The molecule has 1 fully saturated rings. The first kappa shape index (κ1) is 11.1. The summed E-state index contributed by atoms with van der Waals surface area (Å²) in [5, 5.41) is 7.34. The fraction of sp³-hybridized carbons (Fsp3) is 0.636. The molecule has 1 unspecified atom stereocenters. The molecule has 1 atom stereocenters. The predicted molar refractivity (Wildman–Crippen MR) is 59.8 cm³/mol. The number of rotatable bonds is 4. The van der Waals surface area contributed by atoms with E-state index in [1.54, 1.807) is 18.0 Å². The van der Waals surface area contributed by atoms with Gasteiger partial charge in [-0.15, -0.1) is 0 Å². The molecule has 0 radical (unpaired) electrons. The van der Waals surface area contributed by atoms with Gasteiger partial charge in [0.15, 0.2) is 5.75 Å². The van der Waals surface area contributed by atoms with Gasteiger partial charge in [0.05, 0.1) is 19.3 Å². The van der Waals surface area contributed by atoms with Crippen LogP contribution < -0.4 is 10.1 Å². The van der Waals surface area contributed by atoms with Crippen LogP contribution >= 0.6 is 0 Å². The molecule has 2 rings (SSSR count). The van der Waals surface area contributed by atoms with E-state index in [0.29, 0.717) is 18.0 Å². The number of hydrogen-bond acceptors (Lipinski definition) is 4. The van der Waals surface area contributed by atoms with E-state index in [2.05, 4.69) is 10.4 Å². The number of methoxy groups -OCH3 is 1. The molecule has 0 aromatic carbocycles. The smallest absolute Gasteiger partial charge is 0.201 e. The van der Waals surface area contributed by atoms with Crippen LogP contribution in [0.25, 0.3) is 0 Å². The van der Waals surface area contributed by atoms with E-state index in [1.165, 1.54) is 0 Å². The van der Waals surface area contributed by atoms with Gasteiger partial charge in [-0.3, -0.25) is 9.48 Å². The normalized spacial score (nSPS) is 20.0. The Morgan fingerprint density at radius 2 is 2.56 bits per heavy atom. The van der Waals surface area contributed by atoms with Crippen molar-refractivity contribution >= 4 is 5.78 Å². The molecule has 1 saturated heterocycles. The summed E-state index contributed by atoms with van der Waals surface area (Å²) in [6, 6.07) is -0.0732. The van der Waals surface area contributed by atoms with E-state index >= 15 is 0 Å². The Bertz CT molecular complexity index is 359. The molecule has 2 heterocycles. The molecule has 5 heteroatoms. The van der Waals surface area contributed by atoms with Crippen molar-refractivity contribution in [2.45, 2.75) is 32.4 Å². The highest BCUT2D eigenvalue weighted by Crippen LogP contribution is 2.21. The molecule has 0 aliphatic carbocycles. The summed E-state index contributed by atoms with van der Waals surface area (Å²) in [5.74, 6) is 0.661. The second kappa shape index (κ2) is 4.65. The lowest BCUT2D eigenvalue weighted by Crippen LogP contribution is -2.32. The molecular weight excluding hydrogens is 206 g/mol. The van der Waals surface area contributed by atoms with Crippen molar-refractivity contribution in [3.63, 3.8) is 0 Å². The highest BCUT2D eigenvalue weighted by Gasteiger charge is 2.28. The Labute approximate surface area is 94.8 Å². The average Bonchev–Trinajstić information content (AvgIpc) is 2.96. The molecule has 0 spiro atoms. The Morgan fingerprint density at radius 3 is 3.12 bits per heavy atom. The van der Waals surface area contributed by atoms with Crippen LogP contribution in [0.5, 0.6) is 5.75 Å². The lowest BCUT2D eigenvalue weighted by Gasteiger charge is -2.11. The van der Waals surface area contributed by atoms with Crippen molar-refractivity contribution in [1.82, 2.24) is 15.1 Å². The first-order chi connectivity index (χ1) is 7.77. The van der Waals surface area contributed by atoms with Gasteiger partial charge in [0.25, 0.3) is 0 Å². The molecule has 0 bridgehead atoms. The Hall–Kier alpha value is -1.36. The predicted octanol–water partition coefficient (Wildman–Crippen LogP) is 0.846. The molecule has 0 saturated carbocycles. The Kier molecular flexibility index (Phi) is 3.24. The minimum atomic E-state index is -0.0732. The number of ether oxygens (including phenoxy) is 1. The van der Waals surface area contributed by atoms with Gasteiger partial charge < -0.3 is 10.1 Å². The summed E-state index contributed by atoms with van der Waals surface area (Å²) in [4.78, 5) is 12.3. The Morgan fingerprint density at radius 1 is 1.75 bits per heavy atom. The molecule has 16 heavy (non-hydrogen) atoms. The fourth-order valence-corrected chi connectivity index (χ4v) is 2.08. The molecule has 1 aliphatic rings. The molecule has 1 aliphatic heterocycles. The van der Waals surface area contributed by atoms with Crippen LogP contribution in [0.1, 0.15) is 30.3 Å². The van der Waals surface area contributed by atoms with Gasteiger partial charge in [-0.2, -0.15) is 5.10 Å². The van der Waals surface area contributed by atoms with Gasteiger partial charge >= 0.3 is 0 Å². The number of aromatic nitrogens is 2. The average molecular weight is 223 g/mol. The molecule has 1 aromatic heterocycles. The second-order valence-corrected chi connectivity index (χ2v) is 3.89. The largest absolute Gasteiger partial charge is 0.493 e. The SMILES string of the molecule is CCn1ncc(OC)c1C(=O)C1CCCN1. The third kappa shape index (κ3) is 1.82. The number of carbonyl (C=O) groups excluding carboxylic acids is 1. The van der Waals surface area contributed by atoms with Crippen molar-refractivity contribution in [2.24, 2.45) is 0 Å². The van der Waals surface area contributed by atoms with Crippen molar-refractivity contribution in [3.05, 3.63) is 11.9 Å². The van der Waals surface area contributed by atoms with Crippen LogP contribution in [0.3, 0.4) is 0 Å². The lowest BCUT2D eigenvalue weighted by atomic mass is 10.1. The summed E-state index contributed by atoms with van der Waals surface area (Å²) in [6.45, 7) is 3.56. The zero-order valence-electron chi connectivity index (χ0n) is 9.69. The number of hydrogen-bond donors (Lipinski definition) is 1. The van der Waals surface area contributed by atoms with E-state index in [9.17, 15) is 4.79 Å². The van der Waals surface area contributed by atoms with Crippen LogP contribution in [0, 0.1) is 0 Å². The van der Waals surface area contributed by atoms with Gasteiger partial charge in [-0.1, -0.05) is 0 Å². The van der Waals surface area contributed by atoms with E-state index in [0.717, 1.165) is 19.4 Å². The first-order valence-electron chi connectivity index (χ1n) is 5.65.